The van der Waals surface area contributed by atoms with Crippen LogP contribution in [-0.4, -0.2) is 28.3 Å². The summed E-state index contributed by atoms with van der Waals surface area (Å²) in [4.78, 5) is 28.6. The van der Waals surface area contributed by atoms with Crippen molar-refractivity contribution < 1.29 is 4.79 Å². The SMILES string of the molecule is O=C(CNC1CCCC1)c1ccc2[nH]c(=O)[nH]c2c1. The predicted molar refractivity (Wildman–Crippen MR) is 73.5 cm³/mol. The third-order valence-corrected chi connectivity index (χ3v) is 3.74. The van der Waals surface area contributed by atoms with Crippen molar-refractivity contribution in [1.82, 2.24) is 15.3 Å². The number of nitrogens with one attached hydrogen (secondary N) is 3. The van der Waals surface area contributed by atoms with Crippen LogP contribution in [0.1, 0.15) is 36.0 Å². The topological polar surface area (TPSA) is 77.8 Å². The van der Waals surface area contributed by atoms with Crippen LogP contribution in [0.2, 0.25) is 0 Å². The first-order valence-corrected chi connectivity index (χ1v) is 6.71. The molecule has 0 spiro atoms. The van der Waals surface area contributed by atoms with Crippen LogP contribution in [-0.2, 0) is 0 Å². The fraction of sp³-hybridized carbons (Fsp3) is 0.429. The van der Waals surface area contributed by atoms with E-state index < -0.39 is 0 Å². The molecule has 1 heterocycles. The van der Waals surface area contributed by atoms with Crippen LogP contribution in [0.5, 0.6) is 0 Å². The zero-order valence-electron chi connectivity index (χ0n) is 10.7. The molecule has 0 amide bonds. The second-order valence-corrected chi connectivity index (χ2v) is 5.12. The monoisotopic (exact) mass is 259 g/mol. The maximum Gasteiger partial charge on any atom is 0.323 e. The number of hydrogen-bond acceptors (Lipinski definition) is 3. The average molecular weight is 259 g/mol. The van der Waals surface area contributed by atoms with E-state index >= 15 is 0 Å². The minimum absolute atomic E-state index is 0.0656. The third-order valence-electron chi connectivity index (χ3n) is 3.74. The molecule has 0 unspecified atom stereocenters. The molecule has 100 valence electrons. The molecular formula is C14H17N3O2. The molecular weight excluding hydrogens is 242 g/mol. The second-order valence-electron chi connectivity index (χ2n) is 5.12. The summed E-state index contributed by atoms with van der Waals surface area (Å²) in [6, 6.07) is 5.73. The number of aromatic amines is 2. The fourth-order valence-electron chi connectivity index (χ4n) is 2.68. The summed E-state index contributed by atoms with van der Waals surface area (Å²) in [5.74, 6) is 0.0656. The van der Waals surface area contributed by atoms with E-state index in [0.717, 1.165) is 18.4 Å². The van der Waals surface area contributed by atoms with Gasteiger partial charge in [-0.3, -0.25) is 4.79 Å². The van der Waals surface area contributed by atoms with Crippen molar-refractivity contribution in [2.75, 3.05) is 6.54 Å². The number of ketones is 1. The first-order chi connectivity index (χ1) is 9.22. The summed E-state index contributed by atoms with van der Waals surface area (Å²) in [5, 5.41) is 3.30. The van der Waals surface area contributed by atoms with Crippen LogP contribution < -0.4 is 11.0 Å². The number of aromatic nitrogens is 2. The lowest BCUT2D eigenvalue weighted by Gasteiger charge is -2.10. The van der Waals surface area contributed by atoms with E-state index in [1.807, 2.05) is 0 Å². The molecule has 3 N–H and O–H groups in total. The standard InChI is InChI=1S/C14H17N3O2/c18-13(8-15-10-3-1-2-4-10)9-5-6-11-12(7-9)17-14(19)16-11/h5-7,10,15H,1-4,8H2,(H2,16,17,19). The Morgan fingerprint density at radius 3 is 2.74 bits per heavy atom. The number of imidazole rings is 1. The highest BCUT2D eigenvalue weighted by atomic mass is 16.1. The zero-order valence-corrected chi connectivity index (χ0v) is 10.7. The van der Waals surface area contributed by atoms with E-state index in [9.17, 15) is 9.59 Å². The Bertz CT molecular complexity index is 650. The molecule has 1 aliphatic rings. The first kappa shape index (κ1) is 12.2. The number of fused-ring (bicyclic) bond motifs is 1. The molecule has 0 aliphatic heterocycles. The Labute approximate surface area is 110 Å². The molecule has 5 heteroatoms. The molecule has 0 bridgehead atoms. The maximum atomic E-state index is 12.1. The number of hydrogen-bond donors (Lipinski definition) is 3. The van der Waals surface area contributed by atoms with Gasteiger partial charge in [-0.15, -0.1) is 0 Å². The molecule has 0 radical (unpaired) electrons. The minimum Gasteiger partial charge on any atom is -0.307 e. The summed E-state index contributed by atoms with van der Waals surface area (Å²) in [5.41, 5.74) is 1.79. The minimum atomic E-state index is -0.247. The molecule has 0 saturated heterocycles. The number of rotatable bonds is 4. The lowest BCUT2D eigenvalue weighted by molar-refractivity contribution is 0.0987. The van der Waals surface area contributed by atoms with Gasteiger partial charge in [0, 0.05) is 11.6 Å². The Balaban J connectivity index is 1.71. The maximum absolute atomic E-state index is 12.1. The number of Topliss-reactive ketones (excluding diaryl/α,β-unsaturated/α-hetero) is 1. The molecule has 1 aromatic heterocycles. The van der Waals surface area contributed by atoms with E-state index in [-0.39, 0.29) is 11.5 Å². The van der Waals surface area contributed by atoms with Gasteiger partial charge in [0.05, 0.1) is 17.6 Å². The highest BCUT2D eigenvalue weighted by Gasteiger charge is 2.16. The van der Waals surface area contributed by atoms with E-state index in [2.05, 4.69) is 15.3 Å². The third kappa shape index (κ3) is 2.61. The van der Waals surface area contributed by atoms with Gasteiger partial charge in [0.1, 0.15) is 0 Å². The van der Waals surface area contributed by atoms with Gasteiger partial charge in [-0.25, -0.2) is 4.79 Å². The largest absolute Gasteiger partial charge is 0.323 e. The first-order valence-electron chi connectivity index (χ1n) is 6.71. The van der Waals surface area contributed by atoms with E-state index in [1.54, 1.807) is 18.2 Å². The second kappa shape index (κ2) is 5.01. The molecule has 3 rings (SSSR count). The van der Waals surface area contributed by atoms with Gasteiger partial charge < -0.3 is 15.3 Å². The number of carbonyl (C=O) groups is 1. The molecule has 0 atom stereocenters. The van der Waals surface area contributed by atoms with Crippen LogP contribution in [0.3, 0.4) is 0 Å². The Morgan fingerprint density at radius 1 is 1.21 bits per heavy atom. The molecule has 1 aliphatic carbocycles. The zero-order chi connectivity index (χ0) is 13.2. The Hall–Kier alpha value is -1.88. The summed E-state index contributed by atoms with van der Waals surface area (Å²) in [6.45, 7) is 0.366. The average Bonchev–Trinajstić information content (AvgIpc) is 3.02. The predicted octanol–water partition coefficient (Wildman–Crippen LogP) is 1.57. The van der Waals surface area contributed by atoms with Gasteiger partial charge in [0.2, 0.25) is 0 Å². The van der Waals surface area contributed by atoms with Crippen molar-refractivity contribution in [1.29, 1.82) is 0 Å². The quantitative estimate of drug-likeness (QED) is 0.729. The van der Waals surface area contributed by atoms with Crippen LogP contribution in [0, 0.1) is 0 Å². The van der Waals surface area contributed by atoms with E-state index in [0.29, 0.717) is 23.7 Å². The van der Waals surface area contributed by atoms with Gasteiger partial charge in [0.15, 0.2) is 5.78 Å². The van der Waals surface area contributed by atoms with Crippen molar-refractivity contribution in [3.63, 3.8) is 0 Å². The fourth-order valence-corrected chi connectivity index (χ4v) is 2.68. The van der Waals surface area contributed by atoms with Crippen molar-refractivity contribution in [3.05, 3.63) is 34.2 Å². The molecule has 1 fully saturated rings. The Morgan fingerprint density at radius 2 is 1.95 bits per heavy atom. The summed E-state index contributed by atoms with van der Waals surface area (Å²) < 4.78 is 0. The lowest BCUT2D eigenvalue weighted by atomic mass is 10.1. The van der Waals surface area contributed by atoms with Crippen molar-refractivity contribution in [2.45, 2.75) is 31.7 Å². The van der Waals surface area contributed by atoms with E-state index in [4.69, 9.17) is 0 Å². The lowest BCUT2D eigenvalue weighted by Crippen LogP contribution is -2.31. The van der Waals surface area contributed by atoms with Crippen molar-refractivity contribution in [3.8, 4) is 0 Å². The highest BCUT2D eigenvalue weighted by Crippen LogP contribution is 2.17. The van der Waals surface area contributed by atoms with Gasteiger partial charge in [-0.1, -0.05) is 12.8 Å². The Kier molecular flexibility index (Phi) is 3.21. The van der Waals surface area contributed by atoms with Gasteiger partial charge in [0.25, 0.3) is 0 Å². The van der Waals surface area contributed by atoms with Gasteiger partial charge >= 0.3 is 5.69 Å². The van der Waals surface area contributed by atoms with E-state index in [1.165, 1.54) is 12.8 Å². The van der Waals surface area contributed by atoms with Crippen molar-refractivity contribution >= 4 is 16.8 Å². The molecule has 19 heavy (non-hydrogen) atoms. The highest BCUT2D eigenvalue weighted by molar-refractivity contribution is 6.00. The summed E-state index contributed by atoms with van der Waals surface area (Å²) in [7, 11) is 0. The molecule has 1 aromatic carbocycles. The van der Waals surface area contributed by atoms with Crippen LogP contribution >= 0.6 is 0 Å². The number of H-pyrrole nitrogens is 2. The molecule has 2 aromatic rings. The number of carbonyl (C=O) groups excluding carboxylic acids is 1. The smallest absolute Gasteiger partial charge is 0.307 e. The van der Waals surface area contributed by atoms with Crippen LogP contribution in [0.15, 0.2) is 23.0 Å². The summed E-state index contributed by atoms with van der Waals surface area (Å²) in [6.07, 6.45) is 4.83. The normalized spacial score (nSPS) is 16.2. The van der Waals surface area contributed by atoms with Gasteiger partial charge in [-0.05, 0) is 31.0 Å². The molecule has 5 nitrogen and oxygen atoms in total. The summed E-state index contributed by atoms with van der Waals surface area (Å²) >= 11 is 0. The van der Waals surface area contributed by atoms with Crippen molar-refractivity contribution in [2.24, 2.45) is 0 Å². The molecule has 1 saturated carbocycles. The number of benzene rings is 1. The van der Waals surface area contributed by atoms with Crippen LogP contribution in [0.25, 0.3) is 11.0 Å². The van der Waals surface area contributed by atoms with Gasteiger partial charge in [-0.2, -0.15) is 0 Å². The van der Waals surface area contributed by atoms with Crippen LogP contribution in [0.4, 0.5) is 0 Å².